The Morgan fingerprint density at radius 3 is 2.66 bits per heavy atom. The molecule has 0 bridgehead atoms. The van der Waals surface area contributed by atoms with Gasteiger partial charge in [0.2, 0.25) is 5.88 Å². The van der Waals surface area contributed by atoms with Gasteiger partial charge in [0.25, 0.3) is 0 Å². The number of rotatable bonds is 9. The molecule has 1 spiro atoms. The summed E-state index contributed by atoms with van der Waals surface area (Å²) >= 11 is 0. The number of carbonyl (C=O) groups is 1. The number of pyridine rings is 1. The van der Waals surface area contributed by atoms with Gasteiger partial charge in [-0.2, -0.15) is 0 Å². The minimum atomic E-state index is -0.740. The summed E-state index contributed by atoms with van der Waals surface area (Å²) in [6, 6.07) is 14.4. The Hall–Kier alpha value is -3.45. The molecule has 7 heteroatoms. The summed E-state index contributed by atoms with van der Waals surface area (Å²) in [5, 5.41) is 9.87. The van der Waals surface area contributed by atoms with Crippen LogP contribution in [0, 0.1) is 17.7 Å². The number of hydrogen-bond acceptors (Lipinski definition) is 5. The van der Waals surface area contributed by atoms with E-state index in [9.17, 15) is 9.90 Å². The fourth-order valence-corrected chi connectivity index (χ4v) is 8.01. The first-order chi connectivity index (χ1) is 21.3. The summed E-state index contributed by atoms with van der Waals surface area (Å²) in [5.74, 6) is 0.128. The minimum Gasteiger partial charge on any atom is -0.485 e. The number of piperidine rings is 1. The first-order valence-electron chi connectivity index (χ1n) is 16.5. The van der Waals surface area contributed by atoms with E-state index in [1.54, 1.807) is 13.2 Å². The average molecular weight is 599 g/mol. The fraction of sp³-hybridized carbons (Fsp3) is 0.514. The van der Waals surface area contributed by atoms with E-state index in [0.717, 1.165) is 66.8 Å². The highest BCUT2D eigenvalue weighted by atomic mass is 19.1. The molecular formula is C37H43FN2O4. The zero-order valence-electron chi connectivity index (χ0n) is 25.9. The summed E-state index contributed by atoms with van der Waals surface area (Å²) in [7, 11) is 1.55. The van der Waals surface area contributed by atoms with Crippen molar-refractivity contribution in [2.24, 2.45) is 11.8 Å². The zero-order chi connectivity index (χ0) is 30.4. The van der Waals surface area contributed by atoms with Gasteiger partial charge in [-0.1, -0.05) is 50.1 Å². The van der Waals surface area contributed by atoms with Crippen LogP contribution < -0.4 is 9.47 Å². The van der Waals surface area contributed by atoms with E-state index in [-0.39, 0.29) is 17.8 Å². The third-order valence-electron chi connectivity index (χ3n) is 11.0. The van der Waals surface area contributed by atoms with Crippen molar-refractivity contribution in [2.45, 2.75) is 95.2 Å². The van der Waals surface area contributed by atoms with Crippen molar-refractivity contribution >= 4 is 5.97 Å². The van der Waals surface area contributed by atoms with Crippen molar-refractivity contribution < 1.29 is 23.8 Å². The Kier molecular flexibility index (Phi) is 7.86. The molecule has 6 nitrogen and oxygen atoms in total. The van der Waals surface area contributed by atoms with Gasteiger partial charge < -0.3 is 14.6 Å². The SMILES string of the molecule is COc1cc(-c2ccc(C3CCc4ccc([C@H](C5CCC5)[C@H](C)C(=O)O)cc4O3)cc2CN2CCCCC23CC3)c(F)cn1. The molecule has 2 aliphatic carbocycles. The lowest BCUT2D eigenvalue weighted by Gasteiger charge is -2.37. The second kappa shape index (κ2) is 11.8. The van der Waals surface area contributed by atoms with Crippen LogP contribution in [0.3, 0.4) is 0 Å². The summed E-state index contributed by atoms with van der Waals surface area (Å²) in [5.41, 5.74) is 6.13. The molecular weight excluding hydrogens is 555 g/mol. The molecule has 3 atom stereocenters. The zero-order valence-corrected chi connectivity index (χ0v) is 25.9. The predicted molar refractivity (Wildman–Crippen MR) is 167 cm³/mol. The number of carboxylic acid groups (broad SMARTS) is 1. The number of methoxy groups -OCH3 is 1. The van der Waals surface area contributed by atoms with Crippen LogP contribution in [0.4, 0.5) is 4.39 Å². The third kappa shape index (κ3) is 5.48. The van der Waals surface area contributed by atoms with Crippen LogP contribution in [0.1, 0.15) is 99.0 Å². The number of fused-ring (bicyclic) bond motifs is 1. The fourth-order valence-electron chi connectivity index (χ4n) is 8.01. The molecule has 2 saturated carbocycles. The molecule has 1 unspecified atom stereocenters. The van der Waals surface area contributed by atoms with Gasteiger partial charge >= 0.3 is 5.97 Å². The van der Waals surface area contributed by atoms with E-state index in [4.69, 9.17) is 9.47 Å². The maximum Gasteiger partial charge on any atom is 0.306 e. The van der Waals surface area contributed by atoms with Gasteiger partial charge in [0.15, 0.2) is 0 Å². The average Bonchev–Trinajstić information content (AvgIpc) is 3.79. The summed E-state index contributed by atoms with van der Waals surface area (Å²) in [6.45, 7) is 3.68. The van der Waals surface area contributed by atoms with Crippen molar-refractivity contribution in [3.8, 4) is 22.8 Å². The van der Waals surface area contributed by atoms with Crippen molar-refractivity contribution in [3.63, 3.8) is 0 Å². The van der Waals surface area contributed by atoms with Gasteiger partial charge in [-0.15, -0.1) is 0 Å². The maximum absolute atomic E-state index is 15.2. The van der Waals surface area contributed by atoms with Gasteiger partial charge in [0.05, 0.1) is 19.2 Å². The number of likely N-dealkylation sites (tertiary alicyclic amines) is 1. The van der Waals surface area contributed by atoms with Crippen LogP contribution in [0.5, 0.6) is 11.6 Å². The first-order valence-corrected chi connectivity index (χ1v) is 16.5. The number of aliphatic carboxylic acids is 1. The predicted octanol–water partition coefficient (Wildman–Crippen LogP) is 8.09. The lowest BCUT2D eigenvalue weighted by molar-refractivity contribution is -0.142. The smallest absolute Gasteiger partial charge is 0.306 e. The van der Waals surface area contributed by atoms with E-state index >= 15 is 4.39 Å². The quantitative estimate of drug-likeness (QED) is 0.268. The molecule has 1 N–H and O–H groups in total. The molecule has 3 heterocycles. The molecule has 0 radical (unpaired) electrons. The van der Waals surface area contributed by atoms with Crippen LogP contribution in [-0.2, 0) is 17.8 Å². The molecule has 7 rings (SSSR count). The largest absolute Gasteiger partial charge is 0.485 e. The van der Waals surface area contributed by atoms with Crippen molar-refractivity contribution in [1.82, 2.24) is 9.88 Å². The molecule has 0 amide bonds. The Labute approximate surface area is 259 Å². The number of nitrogens with zero attached hydrogens (tertiary/aromatic N) is 2. The Bertz CT molecular complexity index is 1550. The molecule has 232 valence electrons. The number of carboxylic acids is 1. The highest BCUT2D eigenvalue weighted by Gasteiger charge is 2.48. The minimum absolute atomic E-state index is 0.00653. The molecule has 1 aromatic heterocycles. The van der Waals surface area contributed by atoms with Gasteiger partial charge in [-0.3, -0.25) is 9.69 Å². The van der Waals surface area contributed by atoms with Gasteiger partial charge in [-0.05, 0) is 104 Å². The number of aryl methyl sites for hydroxylation is 1. The van der Waals surface area contributed by atoms with Crippen LogP contribution >= 0.6 is 0 Å². The van der Waals surface area contributed by atoms with Crippen molar-refractivity contribution in [3.05, 3.63) is 76.7 Å². The summed E-state index contributed by atoms with van der Waals surface area (Å²) < 4.78 is 27.3. The van der Waals surface area contributed by atoms with E-state index in [2.05, 4.69) is 40.2 Å². The number of benzene rings is 2. The lowest BCUT2D eigenvalue weighted by Crippen LogP contribution is -2.40. The molecule has 4 aliphatic rings. The van der Waals surface area contributed by atoms with E-state index in [1.165, 1.54) is 50.3 Å². The molecule has 1 saturated heterocycles. The van der Waals surface area contributed by atoms with Crippen LogP contribution in [0.25, 0.3) is 11.1 Å². The number of halogens is 1. The van der Waals surface area contributed by atoms with Crippen LogP contribution in [-0.4, -0.2) is 40.2 Å². The molecule has 2 aliphatic heterocycles. The topological polar surface area (TPSA) is 71.9 Å². The molecule has 2 aromatic carbocycles. The highest BCUT2D eigenvalue weighted by Crippen LogP contribution is 2.50. The normalized spacial score (nSPS) is 22.4. The third-order valence-corrected chi connectivity index (χ3v) is 11.0. The number of aromatic nitrogens is 1. The maximum atomic E-state index is 15.2. The molecule has 44 heavy (non-hydrogen) atoms. The van der Waals surface area contributed by atoms with Crippen molar-refractivity contribution in [1.29, 1.82) is 0 Å². The van der Waals surface area contributed by atoms with E-state index in [1.807, 2.05) is 13.0 Å². The van der Waals surface area contributed by atoms with E-state index in [0.29, 0.717) is 22.9 Å². The molecule has 3 aromatic rings. The second-order valence-electron chi connectivity index (χ2n) is 13.6. The van der Waals surface area contributed by atoms with Gasteiger partial charge in [0.1, 0.15) is 17.7 Å². The van der Waals surface area contributed by atoms with Crippen molar-refractivity contribution in [2.75, 3.05) is 13.7 Å². The molecule has 3 fully saturated rings. The standard InChI is InChI=1S/C37H43FN2O4/c1-23(36(41)42)35(25-6-5-7-25)27-9-8-24-11-13-32(44-33(24)19-27)26-10-12-29(30-20-34(43-2)39-21-31(30)38)28(18-26)22-40-17-4-3-14-37(40)15-16-37/h8-10,12,18-21,23,25,32,35H,3-7,11,13-17,22H2,1-2H3,(H,41,42)/t23-,32?,35-/m0/s1. The summed E-state index contributed by atoms with van der Waals surface area (Å²) in [4.78, 5) is 18.7. The Morgan fingerprint density at radius 1 is 1.09 bits per heavy atom. The lowest BCUT2D eigenvalue weighted by atomic mass is 9.68. The van der Waals surface area contributed by atoms with Crippen LogP contribution in [0.15, 0.2) is 48.7 Å². The monoisotopic (exact) mass is 598 g/mol. The van der Waals surface area contributed by atoms with E-state index < -0.39 is 11.9 Å². The van der Waals surface area contributed by atoms with Crippen LogP contribution in [0.2, 0.25) is 0 Å². The van der Waals surface area contributed by atoms with Gasteiger partial charge in [0, 0.05) is 23.7 Å². The highest BCUT2D eigenvalue weighted by molar-refractivity contribution is 5.71. The number of hydrogen-bond donors (Lipinski definition) is 1. The Balaban J connectivity index is 1.21. The summed E-state index contributed by atoms with van der Waals surface area (Å²) in [6.07, 6.45) is 12.4. The Morgan fingerprint density at radius 2 is 1.93 bits per heavy atom. The number of ether oxygens (including phenoxy) is 2. The van der Waals surface area contributed by atoms with Gasteiger partial charge in [-0.25, -0.2) is 9.37 Å². The first kappa shape index (κ1) is 29.3. The second-order valence-corrected chi connectivity index (χ2v) is 13.6.